The van der Waals surface area contributed by atoms with Crippen molar-refractivity contribution in [1.29, 1.82) is 0 Å². The molecule has 0 aliphatic carbocycles. The average molecular weight is 395 g/mol. The largest absolute Gasteiger partial charge is 0.487 e. The van der Waals surface area contributed by atoms with Gasteiger partial charge in [-0.2, -0.15) is 0 Å². The Morgan fingerprint density at radius 1 is 1.24 bits per heavy atom. The summed E-state index contributed by atoms with van der Waals surface area (Å²) in [5.74, 6) is 0.644. The summed E-state index contributed by atoms with van der Waals surface area (Å²) in [6, 6.07) is 12.4. The molecule has 1 spiro atoms. The van der Waals surface area contributed by atoms with E-state index in [0.29, 0.717) is 11.3 Å². The SMILES string of the molecule is CC(=O)c1ccc(NC2CC3(CCN(C)CC3)Oc3ccccc32)c([N+](=O)[O-])c1. The third-order valence-electron chi connectivity index (χ3n) is 6.03. The minimum atomic E-state index is -0.439. The minimum Gasteiger partial charge on any atom is -0.487 e. The van der Waals surface area contributed by atoms with E-state index >= 15 is 0 Å². The molecule has 7 heteroatoms. The van der Waals surface area contributed by atoms with Gasteiger partial charge in [-0.1, -0.05) is 18.2 Å². The van der Waals surface area contributed by atoms with Crippen LogP contribution in [-0.4, -0.2) is 41.3 Å². The van der Waals surface area contributed by atoms with Gasteiger partial charge in [0, 0.05) is 36.7 Å². The van der Waals surface area contributed by atoms with E-state index in [1.54, 1.807) is 12.1 Å². The lowest BCUT2D eigenvalue weighted by Crippen LogP contribution is -2.50. The van der Waals surface area contributed by atoms with Gasteiger partial charge in [0.1, 0.15) is 17.0 Å². The predicted molar refractivity (Wildman–Crippen MR) is 111 cm³/mol. The number of Topliss-reactive ketones (excluding diaryl/α,β-unsaturated/α-hetero) is 1. The molecule has 1 saturated heterocycles. The number of ether oxygens (including phenoxy) is 1. The molecule has 1 atom stereocenters. The van der Waals surface area contributed by atoms with Crippen LogP contribution in [0.15, 0.2) is 42.5 Å². The van der Waals surface area contributed by atoms with Crippen molar-refractivity contribution in [3.8, 4) is 5.75 Å². The number of hydrogen-bond donors (Lipinski definition) is 1. The van der Waals surface area contributed by atoms with Gasteiger partial charge < -0.3 is 15.0 Å². The van der Waals surface area contributed by atoms with Gasteiger partial charge in [0.05, 0.1) is 11.0 Å². The molecule has 4 rings (SSSR count). The van der Waals surface area contributed by atoms with E-state index in [2.05, 4.69) is 17.3 Å². The molecule has 152 valence electrons. The number of nitrogens with one attached hydrogen (secondary N) is 1. The highest BCUT2D eigenvalue weighted by Crippen LogP contribution is 2.46. The zero-order valence-corrected chi connectivity index (χ0v) is 16.7. The van der Waals surface area contributed by atoms with Crippen molar-refractivity contribution in [3.63, 3.8) is 0 Å². The summed E-state index contributed by atoms with van der Waals surface area (Å²) in [4.78, 5) is 25.1. The molecule has 2 aromatic carbocycles. The number of nitro benzene ring substituents is 1. The standard InChI is InChI=1S/C22H25N3O4/c1-15(26)16-7-8-18(20(13-16)25(27)28)23-19-14-22(9-11-24(2)12-10-22)29-21-6-4-3-5-17(19)21/h3-8,13,19,23H,9-12,14H2,1-2H3. The van der Waals surface area contributed by atoms with Gasteiger partial charge in [0.25, 0.3) is 5.69 Å². The van der Waals surface area contributed by atoms with Crippen LogP contribution in [0.25, 0.3) is 0 Å². The van der Waals surface area contributed by atoms with E-state index in [9.17, 15) is 14.9 Å². The van der Waals surface area contributed by atoms with Gasteiger partial charge >= 0.3 is 0 Å². The fraction of sp³-hybridized carbons (Fsp3) is 0.409. The zero-order chi connectivity index (χ0) is 20.6. The number of nitrogens with zero attached hydrogens (tertiary/aromatic N) is 2. The first kappa shape index (κ1) is 19.4. The van der Waals surface area contributed by atoms with E-state index < -0.39 is 4.92 Å². The average Bonchev–Trinajstić information content (AvgIpc) is 2.70. The first-order valence-corrected chi connectivity index (χ1v) is 9.89. The maximum absolute atomic E-state index is 11.7. The number of carbonyl (C=O) groups is 1. The molecule has 0 amide bonds. The number of ketones is 1. The quantitative estimate of drug-likeness (QED) is 0.474. The van der Waals surface area contributed by atoms with E-state index in [0.717, 1.165) is 43.7 Å². The van der Waals surface area contributed by atoms with Crippen molar-refractivity contribution in [2.24, 2.45) is 0 Å². The molecule has 29 heavy (non-hydrogen) atoms. The number of carbonyl (C=O) groups excluding carboxylic acids is 1. The molecule has 2 aliphatic rings. The molecule has 1 unspecified atom stereocenters. The van der Waals surface area contributed by atoms with Crippen LogP contribution in [0.2, 0.25) is 0 Å². The molecule has 0 aromatic heterocycles. The van der Waals surface area contributed by atoms with Gasteiger partial charge in [0.2, 0.25) is 0 Å². The number of nitro groups is 1. The highest BCUT2D eigenvalue weighted by Gasteiger charge is 2.43. The van der Waals surface area contributed by atoms with Gasteiger partial charge in [-0.3, -0.25) is 14.9 Å². The molecule has 2 heterocycles. The Morgan fingerprint density at radius 2 is 1.97 bits per heavy atom. The molecule has 2 aromatic rings. The van der Waals surface area contributed by atoms with Crippen molar-refractivity contribution >= 4 is 17.2 Å². The Morgan fingerprint density at radius 3 is 2.66 bits per heavy atom. The first-order chi connectivity index (χ1) is 13.9. The van der Waals surface area contributed by atoms with E-state index in [1.807, 2.05) is 24.3 Å². The normalized spacial score (nSPS) is 20.6. The number of benzene rings is 2. The van der Waals surface area contributed by atoms with Crippen LogP contribution < -0.4 is 10.1 Å². The van der Waals surface area contributed by atoms with Crippen molar-refractivity contribution in [2.75, 3.05) is 25.5 Å². The molecular weight excluding hydrogens is 370 g/mol. The number of piperidine rings is 1. The molecule has 0 radical (unpaired) electrons. The first-order valence-electron chi connectivity index (χ1n) is 9.89. The van der Waals surface area contributed by atoms with Gasteiger partial charge in [-0.05, 0) is 45.0 Å². The number of hydrogen-bond acceptors (Lipinski definition) is 6. The summed E-state index contributed by atoms with van der Waals surface area (Å²) in [5, 5.41) is 15.0. The number of fused-ring (bicyclic) bond motifs is 1. The summed E-state index contributed by atoms with van der Waals surface area (Å²) >= 11 is 0. The Hall–Kier alpha value is -2.93. The lowest BCUT2D eigenvalue weighted by atomic mass is 9.80. The van der Waals surface area contributed by atoms with E-state index in [-0.39, 0.29) is 23.1 Å². The van der Waals surface area contributed by atoms with E-state index in [1.165, 1.54) is 13.0 Å². The third-order valence-corrected chi connectivity index (χ3v) is 6.03. The monoisotopic (exact) mass is 395 g/mol. The molecule has 2 aliphatic heterocycles. The van der Waals surface area contributed by atoms with Gasteiger partial charge in [-0.15, -0.1) is 0 Å². The highest BCUT2D eigenvalue weighted by atomic mass is 16.6. The van der Waals surface area contributed by atoms with Crippen LogP contribution in [0.3, 0.4) is 0 Å². The summed E-state index contributed by atoms with van der Waals surface area (Å²) < 4.78 is 6.46. The fourth-order valence-corrected chi connectivity index (χ4v) is 4.29. The summed E-state index contributed by atoms with van der Waals surface area (Å²) in [6.45, 7) is 3.33. The summed E-state index contributed by atoms with van der Waals surface area (Å²) in [5.41, 5.74) is 1.40. The Kier molecular flexibility index (Phi) is 5.00. The van der Waals surface area contributed by atoms with Crippen LogP contribution >= 0.6 is 0 Å². The highest BCUT2D eigenvalue weighted by molar-refractivity contribution is 5.95. The number of anilines is 1. The van der Waals surface area contributed by atoms with Crippen LogP contribution in [0.5, 0.6) is 5.75 Å². The molecular formula is C22H25N3O4. The van der Waals surface area contributed by atoms with Crippen molar-refractivity contribution in [3.05, 3.63) is 63.7 Å². The molecule has 0 saturated carbocycles. The third kappa shape index (κ3) is 3.82. The smallest absolute Gasteiger partial charge is 0.293 e. The van der Waals surface area contributed by atoms with Crippen molar-refractivity contribution < 1.29 is 14.5 Å². The molecule has 0 bridgehead atoms. The topological polar surface area (TPSA) is 84.7 Å². The second-order valence-corrected chi connectivity index (χ2v) is 8.07. The zero-order valence-electron chi connectivity index (χ0n) is 16.7. The summed E-state index contributed by atoms with van der Waals surface area (Å²) in [6.07, 6.45) is 2.58. The number of likely N-dealkylation sites (tertiary alicyclic amines) is 1. The lowest BCUT2D eigenvalue weighted by molar-refractivity contribution is -0.384. The number of para-hydroxylation sites is 1. The molecule has 1 fully saturated rings. The minimum absolute atomic E-state index is 0.0842. The fourth-order valence-electron chi connectivity index (χ4n) is 4.29. The van der Waals surface area contributed by atoms with E-state index in [4.69, 9.17) is 4.74 Å². The van der Waals surface area contributed by atoms with Crippen LogP contribution in [0.4, 0.5) is 11.4 Å². The predicted octanol–water partition coefficient (Wildman–Crippen LogP) is 4.20. The second-order valence-electron chi connectivity index (χ2n) is 8.07. The summed E-state index contributed by atoms with van der Waals surface area (Å²) in [7, 11) is 2.11. The molecule has 1 N–H and O–H groups in total. The van der Waals surface area contributed by atoms with Crippen molar-refractivity contribution in [2.45, 2.75) is 37.8 Å². The Bertz CT molecular complexity index is 951. The van der Waals surface area contributed by atoms with Crippen molar-refractivity contribution in [1.82, 2.24) is 4.90 Å². The maximum atomic E-state index is 11.7. The Balaban J connectivity index is 1.69. The maximum Gasteiger partial charge on any atom is 0.293 e. The number of rotatable bonds is 4. The van der Waals surface area contributed by atoms with Crippen LogP contribution in [0, 0.1) is 10.1 Å². The van der Waals surface area contributed by atoms with Crippen LogP contribution in [0.1, 0.15) is 48.1 Å². The second kappa shape index (κ2) is 7.48. The molecule has 7 nitrogen and oxygen atoms in total. The Labute approximate surface area is 169 Å². The van der Waals surface area contributed by atoms with Gasteiger partial charge in [0.15, 0.2) is 5.78 Å². The van der Waals surface area contributed by atoms with Crippen LogP contribution in [-0.2, 0) is 0 Å². The lowest BCUT2D eigenvalue weighted by Gasteiger charge is -2.46. The van der Waals surface area contributed by atoms with Gasteiger partial charge in [-0.25, -0.2) is 0 Å².